The zero-order chi connectivity index (χ0) is 24.2. The van der Waals surface area contributed by atoms with Crippen molar-refractivity contribution in [3.63, 3.8) is 0 Å². The second kappa shape index (κ2) is 10.0. The van der Waals surface area contributed by atoms with Gasteiger partial charge < -0.3 is 14.7 Å². The summed E-state index contributed by atoms with van der Waals surface area (Å²) in [5.74, 6) is -2.70. The summed E-state index contributed by atoms with van der Waals surface area (Å²) in [6.07, 6.45) is -3.61. The van der Waals surface area contributed by atoms with Crippen LogP contribution in [0.15, 0.2) is 51.2 Å². The van der Waals surface area contributed by atoms with Gasteiger partial charge in [-0.15, -0.1) is 11.3 Å². The van der Waals surface area contributed by atoms with Crippen LogP contribution in [0.5, 0.6) is 0 Å². The fourth-order valence-electron chi connectivity index (χ4n) is 2.91. The number of aliphatic hydroxyl groups is 1. The molecule has 2 heterocycles. The van der Waals surface area contributed by atoms with Crippen LogP contribution in [0.2, 0.25) is 0 Å². The Labute approximate surface area is 190 Å². The number of aliphatic hydroxyl groups excluding tert-OH is 1. The van der Waals surface area contributed by atoms with Gasteiger partial charge >= 0.3 is 12.1 Å². The molecule has 2 aromatic heterocycles. The Bertz CT molecular complexity index is 1200. The van der Waals surface area contributed by atoms with E-state index >= 15 is 0 Å². The molecular formula is C20H19F3N2O6S2. The highest BCUT2D eigenvalue weighted by molar-refractivity contribution is 7.91. The van der Waals surface area contributed by atoms with Crippen molar-refractivity contribution in [2.75, 3.05) is 6.61 Å². The van der Waals surface area contributed by atoms with E-state index in [-0.39, 0.29) is 27.8 Å². The van der Waals surface area contributed by atoms with E-state index in [2.05, 4.69) is 14.4 Å². The van der Waals surface area contributed by atoms with Gasteiger partial charge in [0, 0.05) is 12.7 Å². The number of benzene rings is 1. The normalized spacial score (nSPS) is 13.2. The average Bonchev–Trinajstić information content (AvgIpc) is 3.42. The summed E-state index contributed by atoms with van der Waals surface area (Å²) in [7, 11) is -4.27. The zero-order valence-electron chi connectivity index (χ0n) is 16.9. The first-order valence-electron chi connectivity index (χ1n) is 9.57. The molecule has 3 aromatic rings. The number of aliphatic carboxylic acids is 1. The maximum absolute atomic E-state index is 12.7. The molecule has 0 spiro atoms. The number of carboxylic acid groups (broad SMARTS) is 1. The van der Waals surface area contributed by atoms with E-state index in [1.165, 1.54) is 6.07 Å². The quantitative estimate of drug-likeness (QED) is 0.386. The fourth-order valence-corrected chi connectivity index (χ4v) is 5.38. The second-order valence-electron chi connectivity index (χ2n) is 7.05. The van der Waals surface area contributed by atoms with Crippen molar-refractivity contribution in [1.82, 2.24) is 9.88 Å². The number of nitrogens with zero attached hydrogens (tertiary/aromatic N) is 1. The van der Waals surface area contributed by atoms with Gasteiger partial charge in [-0.2, -0.15) is 17.9 Å². The SMILES string of the molecule is O=C(O)C(Cc1ccc(CCCO)cc1)NS(=O)(=O)c1ccc(-c2cc(C(F)(F)F)on2)s1. The topological polar surface area (TPSA) is 130 Å². The highest BCUT2D eigenvalue weighted by Crippen LogP contribution is 2.35. The summed E-state index contributed by atoms with van der Waals surface area (Å²) < 4.78 is 69.6. The van der Waals surface area contributed by atoms with Crippen molar-refractivity contribution in [1.29, 1.82) is 0 Å². The summed E-state index contributed by atoms with van der Waals surface area (Å²) in [6, 6.07) is 8.52. The van der Waals surface area contributed by atoms with Crippen LogP contribution in [0.3, 0.4) is 0 Å². The van der Waals surface area contributed by atoms with E-state index in [4.69, 9.17) is 5.11 Å². The molecule has 1 aromatic carbocycles. The van der Waals surface area contributed by atoms with Crippen LogP contribution in [0.1, 0.15) is 23.3 Å². The van der Waals surface area contributed by atoms with Crippen molar-refractivity contribution in [3.05, 3.63) is 59.4 Å². The number of aromatic nitrogens is 1. The van der Waals surface area contributed by atoms with Crippen LogP contribution in [0.25, 0.3) is 10.6 Å². The molecular weight excluding hydrogens is 485 g/mol. The molecule has 1 atom stereocenters. The summed E-state index contributed by atoms with van der Waals surface area (Å²) in [4.78, 5) is 11.8. The minimum Gasteiger partial charge on any atom is -0.480 e. The number of rotatable bonds is 10. The number of alkyl halides is 3. The molecule has 0 aliphatic carbocycles. The lowest BCUT2D eigenvalue weighted by Crippen LogP contribution is -2.42. The van der Waals surface area contributed by atoms with Gasteiger partial charge in [0.25, 0.3) is 10.0 Å². The van der Waals surface area contributed by atoms with Gasteiger partial charge in [0.05, 0.1) is 4.88 Å². The highest BCUT2D eigenvalue weighted by atomic mass is 32.2. The molecule has 3 N–H and O–H groups in total. The third kappa shape index (κ3) is 6.41. The van der Waals surface area contributed by atoms with Crippen molar-refractivity contribution < 1.29 is 41.1 Å². The van der Waals surface area contributed by atoms with Gasteiger partial charge in [0.1, 0.15) is 15.9 Å². The number of halogens is 3. The number of thiophene rings is 1. The maximum Gasteiger partial charge on any atom is 0.452 e. The largest absolute Gasteiger partial charge is 0.480 e. The Morgan fingerprint density at radius 3 is 2.39 bits per heavy atom. The number of hydrogen-bond donors (Lipinski definition) is 3. The van der Waals surface area contributed by atoms with Gasteiger partial charge in [-0.3, -0.25) is 4.79 Å². The van der Waals surface area contributed by atoms with Crippen LogP contribution in [0.4, 0.5) is 13.2 Å². The number of aryl methyl sites for hydroxylation is 1. The molecule has 33 heavy (non-hydrogen) atoms. The number of carboxylic acids is 1. The summed E-state index contributed by atoms with van der Waals surface area (Å²) >= 11 is 0.633. The summed E-state index contributed by atoms with van der Waals surface area (Å²) in [6.45, 7) is 0.0508. The van der Waals surface area contributed by atoms with Crippen molar-refractivity contribution in [3.8, 4) is 10.6 Å². The van der Waals surface area contributed by atoms with Crippen LogP contribution in [0, 0.1) is 0 Å². The van der Waals surface area contributed by atoms with Crippen molar-refractivity contribution in [2.45, 2.75) is 35.7 Å². The monoisotopic (exact) mass is 504 g/mol. The van der Waals surface area contributed by atoms with Gasteiger partial charge in [-0.05, 0) is 42.5 Å². The summed E-state index contributed by atoms with van der Waals surface area (Å²) in [5, 5.41) is 21.7. The molecule has 0 bridgehead atoms. The van der Waals surface area contributed by atoms with Crippen molar-refractivity contribution in [2.24, 2.45) is 0 Å². The molecule has 8 nitrogen and oxygen atoms in total. The Morgan fingerprint density at radius 2 is 1.82 bits per heavy atom. The summed E-state index contributed by atoms with van der Waals surface area (Å²) in [5.41, 5.74) is 1.35. The van der Waals surface area contributed by atoms with Gasteiger partial charge in [0.2, 0.25) is 5.76 Å². The molecule has 0 aliphatic heterocycles. The molecule has 1 unspecified atom stereocenters. The molecule has 0 saturated carbocycles. The maximum atomic E-state index is 12.7. The Hall–Kier alpha value is -2.74. The average molecular weight is 505 g/mol. The fraction of sp³-hybridized carbons (Fsp3) is 0.300. The van der Waals surface area contributed by atoms with E-state index in [9.17, 15) is 31.5 Å². The number of carbonyl (C=O) groups is 1. The van der Waals surface area contributed by atoms with E-state index in [1.54, 1.807) is 24.3 Å². The first kappa shape index (κ1) is 24.9. The predicted octanol–water partition coefficient (Wildman–Crippen LogP) is 3.32. The van der Waals surface area contributed by atoms with E-state index in [0.717, 1.165) is 11.6 Å². The van der Waals surface area contributed by atoms with Gasteiger partial charge in [0.15, 0.2) is 0 Å². The Kier molecular flexibility index (Phi) is 7.57. The molecule has 0 aliphatic rings. The minimum absolute atomic E-state index is 0.0508. The molecule has 0 fully saturated rings. The molecule has 178 valence electrons. The lowest BCUT2D eigenvalue weighted by Gasteiger charge is -2.14. The molecule has 3 rings (SSSR count). The van der Waals surface area contributed by atoms with Crippen molar-refractivity contribution >= 4 is 27.3 Å². The molecule has 0 saturated heterocycles. The lowest BCUT2D eigenvalue weighted by molar-refractivity contribution is -0.155. The predicted molar refractivity (Wildman–Crippen MR) is 112 cm³/mol. The van der Waals surface area contributed by atoms with E-state index < -0.39 is 34.0 Å². The molecule has 13 heteroatoms. The lowest BCUT2D eigenvalue weighted by atomic mass is 10.0. The third-order valence-corrected chi connectivity index (χ3v) is 7.64. The van der Waals surface area contributed by atoms with Crippen LogP contribution in [-0.4, -0.2) is 42.4 Å². The first-order chi connectivity index (χ1) is 15.5. The van der Waals surface area contributed by atoms with Gasteiger partial charge in [-0.1, -0.05) is 29.4 Å². The minimum atomic E-state index is -4.73. The second-order valence-corrected chi connectivity index (χ2v) is 10.1. The number of sulfonamides is 1. The molecule has 0 radical (unpaired) electrons. The Morgan fingerprint density at radius 1 is 1.15 bits per heavy atom. The third-order valence-electron chi connectivity index (χ3n) is 4.57. The number of nitrogens with one attached hydrogen (secondary N) is 1. The van der Waals surface area contributed by atoms with Crippen LogP contribution in [-0.2, 0) is 33.8 Å². The number of hydrogen-bond acceptors (Lipinski definition) is 7. The highest BCUT2D eigenvalue weighted by Gasteiger charge is 2.36. The van der Waals surface area contributed by atoms with Gasteiger partial charge in [-0.25, -0.2) is 8.42 Å². The zero-order valence-corrected chi connectivity index (χ0v) is 18.5. The Balaban J connectivity index is 1.73. The van der Waals surface area contributed by atoms with Crippen LogP contribution >= 0.6 is 11.3 Å². The standard InChI is InChI=1S/C20H19F3N2O6S2/c21-20(22,23)17-11-14(24-31-17)16-7-8-18(32-16)33(29,30)25-15(19(27)28)10-13-5-3-12(4-6-13)2-1-9-26/h3-8,11,15,25-26H,1-2,9-10H2,(H,27,28). The molecule has 0 amide bonds. The first-order valence-corrected chi connectivity index (χ1v) is 11.9. The van der Waals surface area contributed by atoms with E-state index in [0.29, 0.717) is 35.8 Å². The smallest absolute Gasteiger partial charge is 0.452 e. The van der Waals surface area contributed by atoms with Crippen LogP contribution < -0.4 is 4.72 Å². The van der Waals surface area contributed by atoms with E-state index in [1.807, 2.05) is 0 Å².